The summed E-state index contributed by atoms with van der Waals surface area (Å²) in [5.74, 6) is 0. The molecule has 2 rings (SSSR count). The van der Waals surface area contributed by atoms with Crippen molar-refractivity contribution in [1.29, 1.82) is 0 Å². The van der Waals surface area contributed by atoms with Gasteiger partial charge in [0.05, 0.1) is 0 Å². The van der Waals surface area contributed by atoms with Gasteiger partial charge < -0.3 is 4.90 Å². The van der Waals surface area contributed by atoms with E-state index in [2.05, 4.69) is 30.2 Å². The largest absolute Gasteiger partial charge is 0.370 e. The molecule has 2 heterocycles. The average molecular weight is 194 g/mol. The highest BCUT2D eigenvalue weighted by molar-refractivity contribution is 5.03. The lowest BCUT2D eigenvalue weighted by Crippen LogP contribution is -2.55. The van der Waals surface area contributed by atoms with E-state index in [0.29, 0.717) is 6.04 Å². The molecule has 0 amide bonds. The van der Waals surface area contributed by atoms with Crippen LogP contribution >= 0.6 is 0 Å². The summed E-state index contributed by atoms with van der Waals surface area (Å²) >= 11 is 0. The van der Waals surface area contributed by atoms with Gasteiger partial charge >= 0.3 is 0 Å². The Morgan fingerprint density at radius 1 is 1.36 bits per heavy atom. The molecule has 0 N–H and O–H groups in total. The minimum atomic E-state index is 0.701. The minimum Gasteiger partial charge on any atom is -0.370 e. The van der Waals surface area contributed by atoms with E-state index < -0.39 is 0 Å². The van der Waals surface area contributed by atoms with Crippen LogP contribution in [0.1, 0.15) is 33.1 Å². The van der Waals surface area contributed by atoms with Crippen LogP contribution in [0.15, 0.2) is 12.3 Å². The number of nitrogens with zero attached hydrogens (tertiary/aromatic N) is 2. The summed E-state index contributed by atoms with van der Waals surface area (Å²) in [5, 5.41) is 0. The third-order valence-electron chi connectivity index (χ3n) is 3.65. The number of piperidine rings is 1. The van der Waals surface area contributed by atoms with E-state index in [1.165, 1.54) is 44.6 Å². The minimum absolute atomic E-state index is 0.701. The van der Waals surface area contributed by atoms with Crippen molar-refractivity contribution in [3.8, 4) is 0 Å². The number of fused-ring (bicyclic) bond motifs is 1. The predicted octanol–water partition coefficient (Wildman–Crippen LogP) is 2.08. The van der Waals surface area contributed by atoms with Gasteiger partial charge in [0.1, 0.15) is 0 Å². The molecule has 2 fully saturated rings. The molecule has 2 saturated heterocycles. The molecule has 2 aliphatic rings. The van der Waals surface area contributed by atoms with E-state index in [0.717, 1.165) is 6.04 Å². The normalized spacial score (nSPS) is 29.5. The summed E-state index contributed by atoms with van der Waals surface area (Å²) in [5.41, 5.74) is 1.38. The molecule has 0 aromatic carbocycles. The van der Waals surface area contributed by atoms with Gasteiger partial charge in [-0.3, -0.25) is 4.90 Å². The first kappa shape index (κ1) is 10.0. The Bertz CT molecular complexity index is 222. The Labute approximate surface area is 87.6 Å². The van der Waals surface area contributed by atoms with Crippen LogP contribution in [0.25, 0.3) is 0 Å². The lowest BCUT2D eigenvalue weighted by molar-refractivity contribution is 0.0603. The van der Waals surface area contributed by atoms with E-state index in [9.17, 15) is 0 Å². The van der Waals surface area contributed by atoms with Crippen LogP contribution in [0.5, 0.6) is 0 Å². The fourth-order valence-electron chi connectivity index (χ4n) is 2.70. The number of hydrogen-bond donors (Lipinski definition) is 0. The molecule has 14 heavy (non-hydrogen) atoms. The van der Waals surface area contributed by atoms with Crippen LogP contribution in [0.2, 0.25) is 0 Å². The number of piperazine rings is 1. The van der Waals surface area contributed by atoms with Crippen LogP contribution in [0.3, 0.4) is 0 Å². The first-order valence-corrected chi connectivity index (χ1v) is 5.87. The van der Waals surface area contributed by atoms with Gasteiger partial charge in [-0.15, -0.1) is 0 Å². The summed E-state index contributed by atoms with van der Waals surface area (Å²) in [7, 11) is 0. The Morgan fingerprint density at radius 3 is 2.86 bits per heavy atom. The number of allylic oxidation sites excluding steroid dienone is 1. The summed E-state index contributed by atoms with van der Waals surface area (Å²) in [6.07, 6.45) is 3.92. The van der Waals surface area contributed by atoms with Crippen LogP contribution in [0, 0.1) is 0 Å². The summed E-state index contributed by atoms with van der Waals surface area (Å²) in [6.45, 7) is 12.4. The maximum absolute atomic E-state index is 4.18. The van der Waals surface area contributed by atoms with Crippen molar-refractivity contribution in [2.75, 3.05) is 19.6 Å². The van der Waals surface area contributed by atoms with Crippen molar-refractivity contribution in [3.05, 3.63) is 12.3 Å². The quantitative estimate of drug-likeness (QED) is 0.630. The van der Waals surface area contributed by atoms with Crippen LogP contribution in [-0.4, -0.2) is 41.5 Å². The van der Waals surface area contributed by atoms with Crippen molar-refractivity contribution >= 4 is 0 Å². The zero-order valence-corrected chi connectivity index (χ0v) is 9.50. The van der Waals surface area contributed by atoms with Crippen LogP contribution in [-0.2, 0) is 0 Å². The van der Waals surface area contributed by atoms with Gasteiger partial charge in [-0.05, 0) is 33.1 Å². The highest BCUT2D eigenvalue weighted by atomic mass is 15.3. The van der Waals surface area contributed by atoms with Gasteiger partial charge in [-0.1, -0.05) is 6.58 Å². The van der Waals surface area contributed by atoms with E-state index >= 15 is 0 Å². The number of rotatable bonds is 1. The number of hydrogen-bond acceptors (Lipinski definition) is 2. The zero-order chi connectivity index (χ0) is 10.1. The summed E-state index contributed by atoms with van der Waals surface area (Å²) in [6, 6.07) is 1.46. The van der Waals surface area contributed by atoms with Crippen molar-refractivity contribution in [2.24, 2.45) is 0 Å². The maximum atomic E-state index is 4.18. The molecular weight excluding hydrogens is 172 g/mol. The molecule has 0 unspecified atom stereocenters. The highest BCUT2D eigenvalue weighted by Crippen LogP contribution is 2.27. The average Bonchev–Trinajstić information content (AvgIpc) is 2.17. The fraction of sp³-hybridized carbons (Fsp3) is 0.833. The fourth-order valence-corrected chi connectivity index (χ4v) is 2.70. The van der Waals surface area contributed by atoms with Gasteiger partial charge in [0.2, 0.25) is 0 Å². The Hall–Kier alpha value is -0.500. The Kier molecular flexibility index (Phi) is 2.82. The molecule has 80 valence electrons. The van der Waals surface area contributed by atoms with E-state index in [4.69, 9.17) is 0 Å². The predicted molar refractivity (Wildman–Crippen MR) is 60.2 cm³/mol. The molecule has 0 aliphatic carbocycles. The maximum Gasteiger partial charge on any atom is 0.0414 e. The standard InChI is InChI=1S/C12H22N2/c1-10(2)13-7-8-14-11(3)5-4-6-12(14)9-13/h10,12H,3-9H2,1-2H3/t12-/m1/s1. The molecule has 0 spiro atoms. The molecule has 0 aromatic heterocycles. The molecule has 2 nitrogen and oxygen atoms in total. The van der Waals surface area contributed by atoms with Gasteiger partial charge in [0.25, 0.3) is 0 Å². The van der Waals surface area contributed by atoms with Gasteiger partial charge in [0.15, 0.2) is 0 Å². The summed E-state index contributed by atoms with van der Waals surface area (Å²) in [4.78, 5) is 5.14. The lowest BCUT2D eigenvalue weighted by Gasteiger charge is -2.47. The van der Waals surface area contributed by atoms with Crippen molar-refractivity contribution < 1.29 is 0 Å². The van der Waals surface area contributed by atoms with Crippen LogP contribution < -0.4 is 0 Å². The van der Waals surface area contributed by atoms with E-state index in [1.807, 2.05) is 0 Å². The molecule has 2 heteroatoms. The van der Waals surface area contributed by atoms with Crippen molar-refractivity contribution in [2.45, 2.75) is 45.2 Å². The topological polar surface area (TPSA) is 6.48 Å². The van der Waals surface area contributed by atoms with Gasteiger partial charge in [-0.2, -0.15) is 0 Å². The van der Waals surface area contributed by atoms with E-state index in [1.54, 1.807) is 0 Å². The lowest BCUT2D eigenvalue weighted by atomic mass is 9.97. The first-order valence-electron chi connectivity index (χ1n) is 5.87. The smallest absolute Gasteiger partial charge is 0.0414 e. The molecule has 0 bridgehead atoms. The van der Waals surface area contributed by atoms with Crippen LogP contribution in [0.4, 0.5) is 0 Å². The third kappa shape index (κ3) is 1.81. The first-order chi connectivity index (χ1) is 6.68. The Morgan fingerprint density at radius 2 is 2.14 bits per heavy atom. The molecule has 0 aromatic rings. The molecular formula is C12H22N2. The third-order valence-corrected chi connectivity index (χ3v) is 3.65. The van der Waals surface area contributed by atoms with Gasteiger partial charge in [0, 0.05) is 37.4 Å². The highest BCUT2D eigenvalue weighted by Gasteiger charge is 2.30. The zero-order valence-electron chi connectivity index (χ0n) is 9.50. The molecule has 0 saturated carbocycles. The molecule has 1 atom stereocenters. The van der Waals surface area contributed by atoms with Crippen molar-refractivity contribution in [3.63, 3.8) is 0 Å². The molecule has 2 aliphatic heterocycles. The molecule has 0 radical (unpaired) electrons. The van der Waals surface area contributed by atoms with Crippen molar-refractivity contribution in [1.82, 2.24) is 9.80 Å². The summed E-state index contributed by atoms with van der Waals surface area (Å²) < 4.78 is 0. The second-order valence-corrected chi connectivity index (χ2v) is 4.89. The second-order valence-electron chi connectivity index (χ2n) is 4.89. The second kappa shape index (κ2) is 3.93. The van der Waals surface area contributed by atoms with Gasteiger partial charge in [-0.25, -0.2) is 0 Å². The SMILES string of the molecule is C=C1CCC[C@@H]2CN(C(C)C)CCN12. The Balaban J connectivity index is 1.99. The monoisotopic (exact) mass is 194 g/mol. The van der Waals surface area contributed by atoms with E-state index in [-0.39, 0.29) is 0 Å².